The lowest BCUT2D eigenvalue weighted by molar-refractivity contribution is -0.120. The number of ether oxygens (including phenoxy) is 2. The molecule has 0 aromatic heterocycles. The third-order valence-electron chi connectivity index (χ3n) is 3.47. The fourth-order valence-electron chi connectivity index (χ4n) is 2.38. The Morgan fingerprint density at radius 1 is 1.25 bits per heavy atom. The molecular formula is C18H17FN2O3. The number of hydrogen-bond donors (Lipinski definition) is 1. The van der Waals surface area contributed by atoms with Crippen molar-refractivity contribution in [2.45, 2.75) is 12.5 Å². The van der Waals surface area contributed by atoms with E-state index in [0.29, 0.717) is 22.6 Å². The van der Waals surface area contributed by atoms with Gasteiger partial charge >= 0.3 is 0 Å². The molecule has 0 radical (unpaired) electrons. The number of methoxy groups -OCH3 is 2. The highest BCUT2D eigenvalue weighted by Crippen LogP contribution is 2.32. The smallest absolute Gasteiger partial charge is 0.234 e. The van der Waals surface area contributed by atoms with Gasteiger partial charge in [-0.3, -0.25) is 4.79 Å². The number of nitrogens with zero attached hydrogens (tertiary/aromatic N) is 1. The van der Waals surface area contributed by atoms with Gasteiger partial charge in [0, 0.05) is 5.56 Å². The quantitative estimate of drug-likeness (QED) is 0.885. The van der Waals surface area contributed by atoms with Crippen LogP contribution in [0.25, 0.3) is 0 Å². The molecule has 0 aliphatic rings. The van der Waals surface area contributed by atoms with Crippen LogP contribution in [0.1, 0.15) is 23.6 Å². The van der Waals surface area contributed by atoms with Crippen LogP contribution in [-0.2, 0) is 4.79 Å². The van der Waals surface area contributed by atoms with Crippen molar-refractivity contribution in [1.29, 1.82) is 5.26 Å². The van der Waals surface area contributed by atoms with E-state index < -0.39 is 17.8 Å². The third-order valence-corrected chi connectivity index (χ3v) is 3.47. The van der Waals surface area contributed by atoms with Crippen molar-refractivity contribution in [3.8, 4) is 17.6 Å². The van der Waals surface area contributed by atoms with E-state index in [-0.39, 0.29) is 6.42 Å². The number of carbonyl (C=O) groups excluding carboxylic acids is 1. The van der Waals surface area contributed by atoms with E-state index in [4.69, 9.17) is 14.7 Å². The van der Waals surface area contributed by atoms with Crippen LogP contribution in [-0.4, -0.2) is 20.1 Å². The lowest BCUT2D eigenvalue weighted by Crippen LogP contribution is -2.29. The van der Waals surface area contributed by atoms with Crippen LogP contribution < -0.4 is 14.8 Å². The summed E-state index contributed by atoms with van der Waals surface area (Å²) in [6, 6.07) is 12.2. The van der Waals surface area contributed by atoms with Crippen LogP contribution in [0, 0.1) is 17.1 Å². The van der Waals surface area contributed by atoms with Crippen LogP contribution in [0.3, 0.4) is 0 Å². The number of nitriles is 1. The Bertz CT molecular complexity index is 771. The lowest BCUT2D eigenvalue weighted by atomic mass is 9.97. The highest BCUT2D eigenvalue weighted by Gasteiger charge is 2.21. The molecule has 0 spiro atoms. The average Bonchev–Trinajstić information content (AvgIpc) is 2.60. The van der Waals surface area contributed by atoms with E-state index in [9.17, 15) is 9.18 Å². The van der Waals surface area contributed by atoms with Gasteiger partial charge in [-0.05, 0) is 35.9 Å². The van der Waals surface area contributed by atoms with E-state index in [0.717, 1.165) is 0 Å². The molecule has 0 aliphatic carbocycles. The van der Waals surface area contributed by atoms with Gasteiger partial charge in [0.1, 0.15) is 23.7 Å². The molecule has 0 saturated carbocycles. The van der Waals surface area contributed by atoms with Crippen LogP contribution >= 0.6 is 0 Å². The zero-order valence-electron chi connectivity index (χ0n) is 13.4. The second-order valence-corrected chi connectivity index (χ2v) is 5.00. The number of rotatable bonds is 6. The fraction of sp³-hybridized carbons (Fsp3) is 0.222. The van der Waals surface area contributed by atoms with Crippen molar-refractivity contribution in [2.24, 2.45) is 0 Å². The third kappa shape index (κ3) is 4.02. The molecule has 0 unspecified atom stereocenters. The molecule has 124 valence electrons. The normalized spacial score (nSPS) is 11.2. The Morgan fingerprint density at radius 3 is 2.71 bits per heavy atom. The summed E-state index contributed by atoms with van der Waals surface area (Å²) in [5.41, 5.74) is 1.14. The Labute approximate surface area is 139 Å². The fourth-order valence-corrected chi connectivity index (χ4v) is 2.38. The summed E-state index contributed by atoms with van der Waals surface area (Å²) in [5.74, 6) is 0.119. The Hall–Kier alpha value is -3.07. The van der Waals surface area contributed by atoms with Gasteiger partial charge in [-0.1, -0.05) is 12.1 Å². The topological polar surface area (TPSA) is 71.3 Å². The maximum atomic E-state index is 13.7. The molecule has 5 nitrogen and oxygen atoms in total. The van der Waals surface area contributed by atoms with Crippen LogP contribution in [0.15, 0.2) is 42.5 Å². The van der Waals surface area contributed by atoms with Crippen molar-refractivity contribution in [3.05, 3.63) is 59.4 Å². The van der Waals surface area contributed by atoms with Gasteiger partial charge < -0.3 is 14.8 Å². The molecule has 1 atom stereocenters. The molecule has 0 heterocycles. The minimum absolute atomic E-state index is 0.294. The first-order chi connectivity index (χ1) is 11.6. The summed E-state index contributed by atoms with van der Waals surface area (Å²) in [6.45, 7) is 0. The number of carbonyl (C=O) groups is 1. The van der Waals surface area contributed by atoms with Crippen molar-refractivity contribution in [1.82, 2.24) is 5.32 Å². The molecule has 0 bridgehead atoms. The number of nitrogens with one attached hydrogen (secondary N) is 1. The van der Waals surface area contributed by atoms with Crippen molar-refractivity contribution < 1.29 is 18.7 Å². The predicted molar refractivity (Wildman–Crippen MR) is 86.2 cm³/mol. The van der Waals surface area contributed by atoms with E-state index in [2.05, 4.69) is 5.32 Å². The summed E-state index contributed by atoms with van der Waals surface area (Å²) in [5, 5.41) is 11.4. The summed E-state index contributed by atoms with van der Waals surface area (Å²) < 4.78 is 24.2. The van der Waals surface area contributed by atoms with E-state index in [1.807, 2.05) is 0 Å². The van der Waals surface area contributed by atoms with Gasteiger partial charge in [-0.15, -0.1) is 0 Å². The van der Waals surface area contributed by atoms with Gasteiger partial charge in [0.2, 0.25) is 5.91 Å². The maximum absolute atomic E-state index is 13.7. The second kappa shape index (κ2) is 7.97. The van der Waals surface area contributed by atoms with Crippen LogP contribution in [0.5, 0.6) is 11.5 Å². The molecule has 2 aromatic rings. The first kappa shape index (κ1) is 17.3. The molecule has 1 amide bonds. The Morgan fingerprint density at radius 2 is 2.04 bits per heavy atom. The standard InChI is InChI=1S/C18H17FN2O3/c1-23-14-5-3-4-12(10-14)18(21-17(22)8-9-20)15-11-13(19)6-7-16(15)24-2/h3-7,10-11,18H,8H2,1-2H3,(H,21,22)/t18-/m0/s1. The highest BCUT2D eigenvalue weighted by molar-refractivity contribution is 5.79. The van der Waals surface area contributed by atoms with Gasteiger partial charge in [0.15, 0.2) is 0 Å². The molecule has 24 heavy (non-hydrogen) atoms. The molecular weight excluding hydrogens is 311 g/mol. The van der Waals surface area contributed by atoms with Gasteiger partial charge in [-0.2, -0.15) is 5.26 Å². The van der Waals surface area contributed by atoms with Gasteiger partial charge in [0.05, 0.1) is 26.3 Å². The maximum Gasteiger partial charge on any atom is 0.234 e. The first-order valence-corrected chi connectivity index (χ1v) is 7.22. The van der Waals surface area contributed by atoms with E-state index in [1.165, 1.54) is 32.4 Å². The van der Waals surface area contributed by atoms with Crippen molar-refractivity contribution in [2.75, 3.05) is 14.2 Å². The van der Waals surface area contributed by atoms with Gasteiger partial charge in [-0.25, -0.2) is 4.39 Å². The largest absolute Gasteiger partial charge is 0.497 e. The molecule has 0 saturated heterocycles. The minimum Gasteiger partial charge on any atom is -0.497 e. The second-order valence-electron chi connectivity index (χ2n) is 5.00. The SMILES string of the molecule is COc1cccc([C@H](NC(=O)CC#N)c2cc(F)ccc2OC)c1. The molecule has 2 rings (SSSR count). The van der Waals surface area contributed by atoms with Crippen molar-refractivity contribution in [3.63, 3.8) is 0 Å². The molecule has 2 aromatic carbocycles. The monoisotopic (exact) mass is 328 g/mol. The summed E-state index contributed by atoms with van der Waals surface area (Å²) >= 11 is 0. The molecule has 0 fully saturated rings. The summed E-state index contributed by atoms with van der Waals surface area (Å²) in [6.07, 6.45) is -0.294. The minimum atomic E-state index is -0.674. The van der Waals surface area contributed by atoms with Crippen LogP contribution in [0.4, 0.5) is 4.39 Å². The molecule has 0 aliphatic heterocycles. The highest BCUT2D eigenvalue weighted by atomic mass is 19.1. The Kier molecular flexibility index (Phi) is 5.74. The van der Waals surface area contributed by atoms with Crippen LogP contribution in [0.2, 0.25) is 0 Å². The number of hydrogen-bond acceptors (Lipinski definition) is 4. The zero-order chi connectivity index (χ0) is 17.5. The zero-order valence-corrected chi connectivity index (χ0v) is 13.4. The molecule has 1 N–H and O–H groups in total. The van der Waals surface area contributed by atoms with Crippen molar-refractivity contribution >= 4 is 5.91 Å². The number of amides is 1. The average molecular weight is 328 g/mol. The summed E-state index contributed by atoms with van der Waals surface area (Å²) in [7, 11) is 3.00. The predicted octanol–water partition coefficient (Wildman–Crippen LogP) is 2.96. The van der Waals surface area contributed by atoms with E-state index in [1.54, 1.807) is 30.3 Å². The van der Waals surface area contributed by atoms with Gasteiger partial charge in [0.25, 0.3) is 0 Å². The number of benzene rings is 2. The lowest BCUT2D eigenvalue weighted by Gasteiger charge is -2.22. The number of halogens is 1. The van der Waals surface area contributed by atoms with E-state index >= 15 is 0 Å². The first-order valence-electron chi connectivity index (χ1n) is 7.22. The Balaban J connectivity index is 2.52. The summed E-state index contributed by atoms with van der Waals surface area (Å²) in [4.78, 5) is 11.9. The molecule has 6 heteroatoms.